The van der Waals surface area contributed by atoms with Crippen LogP contribution in [0.5, 0.6) is 5.75 Å². The zero-order valence-corrected chi connectivity index (χ0v) is 28.1. The Morgan fingerprint density at radius 3 is 2.07 bits per heavy atom. The first-order valence-corrected chi connectivity index (χ1v) is 17.0. The van der Waals surface area contributed by atoms with Gasteiger partial charge in [0.05, 0.1) is 22.7 Å². The number of halogens is 1. The molecule has 8 nitrogen and oxygen atoms in total. The van der Waals surface area contributed by atoms with Crippen LogP contribution in [0.4, 0.5) is 5.69 Å². The van der Waals surface area contributed by atoms with Gasteiger partial charge in [-0.05, 0) is 61.7 Å². The van der Waals surface area contributed by atoms with Crippen molar-refractivity contribution in [3.8, 4) is 5.75 Å². The summed E-state index contributed by atoms with van der Waals surface area (Å²) in [5, 5.41) is 3.23. The molecule has 2 amide bonds. The second-order valence-corrected chi connectivity index (χ2v) is 13.4. The van der Waals surface area contributed by atoms with Crippen LogP contribution in [-0.4, -0.2) is 50.9 Å². The maximum absolute atomic E-state index is 14.5. The molecule has 4 rings (SSSR count). The fourth-order valence-corrected chi connectivity index (χ4v) is 6.61. The summed E-state index contributed by atoms with van der Waals surface area (Å²) in [6.45, 7) is 5.25. The van der Waals surface area contributed by atoms with Crippen LogP contribution >= 0.6 is 11.6 Å². The average Bonchev–Trinajstić information content (AvgIpc) is 3.06. The van der Waals surface area contributed by atoms with E-state index in [-0.39, 0.29) is 40.5 Å². The van der Waals surface area contributed by atoms with Crippen molar-refractivity contribution in [3.63, 3.8) is 0 Å². The van der Waals surface area contributed by atoms with Gasteiger partial charge in [0.2, 0.25) is 11.8 Å². The second kappa shape index (κ2) is 15.8. The summed E-state index contributed by atoms with van der Waals surface area (Å²) in [4.78, 5) is 29.9. The minimum atomic E-state index is -4.25. The Kier molecular flexibility index (Phi) is 11.8. The summed E-state index contributed by atoms with van der Waals surface area (Å²) in [6.07, 6.45) is 0.942. The van der Waals surface area contributed by atoms with E-state index >= 15 is 0 Å². The number of ether oxygens (including phenoxy) is 1. The summed E-state index contributed by atoms with van der Waals surface area (Å²) in [5.74, 6) is -0.505. The largest absolute Gasteiger partial charge is 0.495 e. The number of carbonyl (C=O) groups is 2. The number of amides is 2. The Labute approximate surface area is 277 Å². The zero-order valence-electron chi connectivity index (χ0n) is 26.5. The molecule has 0 aromatic heterocycles. The highest BCUT2D eigenvalue weighted by Crippen LogP contribution is 2.32. The van der Waals surface area contributed by atoms with Crippen LogP contribution in [0, 0.1) is 6.92 Å². The first-order chi connectivity index (χ1) is 22.0. The van der Waals surface area contributed by atoms with Gasteiger partial charge in [-0.3, -0.25) is 13.9 Å². The number of aryl methyl sites for hydroxylation is 1. The standard InChI is InChI=1S/C36H40ClN3O5S/c1-5-27(3)38-36(42)33(22-28-12-8-6-9-13-28)39(24-29-14-10-7-11-15-29)35(41)25-40(30-18-21-34(45-4)32(37)23-30)46(43,44)31-19-16-26(2)17-20-31/h6-21,23,27,33H,5,22,24-25H2,1-4H3,(H,38,42)/t27-,33+/m0/s1. The number of nitrogens with one attached hydrogen (secondary N) is 1. The number of sulfonamides is 1. The first kappa shape index (κ1) is 34.5. The van der Waals surface area contributed by atoms with Gasteiger partial charge in [-0.1, -0.05) is 96.9 Å². The van der Waals surface area contributed by atoms with Crippen LogP contribution in [0.1, 0.15) is 37.0 Å². The molecule has 0 heterocycles. The lowest BCUT2D eigenvalue weighted by Gasteiger charge is -2.34. The topological polar surface area (TPSA) is 96.0 Å². The highest BCUT2D eigenvalue weighted by atomic mass is 35.5. The van der Waals surface area contributed by atoms with Crippen molar-refractivity contribution in [1.82, 2.24) is 10.2 Å². The van der Waals surface area contributed by atoms with Crippen molar-refractivity contribution in [3.05, 3.63) is 125 Å². The van der Waals surface area contributed by atoms with Gasteiger partial charge in [-0.15, -0.1) is 0 Å². The predicted molar refractivity (Wildman–Crippen MR) is 183 cm³/mol. The Balaban J connectivity index is 1.82. The molecule has 46 heavy (non-hydrogen) atoms. The molecule has 0 aliphatic rings. The summed E-state index contributed by atoms with van der Waals surface area (Å²) < 4.78 is 34.7. The van der Waals surface area contributed by atoms with Crippen LogP contribution in [0.2, 0.25) is 5.02 Å². The van der Waals surface area contributed by atoms with E-state index < -0.39 is 28.5 Å². The molecule has 0 radical (unpaired) electrons. The fraction of sp³-hybridized carbons (Fsp3) is 0.278. The molecule has 4 aromatic carbocycles. The molecule has 242 valence electrons. The third kappa shape index (κ3) is 8.68. The number of rotatable bonds is 14. The first-order valence-electron chi connectivity index (χ1n) is 15.1. The Hall–Kier alpha value is -4.34. The SMILES string of the molecule is CC[C@H](C)NC(=O)[C@@H](Cc1ccccc1)N(Cc1ccccc1)C(=O)CN(c1ccc(OC)c(Cl)c1)S(=O)(=O)c1ccc(C)cc1. The molecule has 0 saturated carbocycles. The average molecular weight is 662 g/mol. The van der Waals surface area contributed by atoms with Gasteiger partial charge < -0.3 is 15.0 Å². The van der Waals surface area contributed by atoms with E-state index in [2.05, 4.69) is 5.32 Å². The van der Waals surface area contributed by atoms with Crippen molar-refractivity contribution >= 4 is 39.1 Å². The van der Waals surface area contributed by atoms with E-state index in [0.717, 1.165) is 21.0 Å². The number of anilines is 1. The van der Waals surface area contributed by atoms with Gasteiger partial charge in [0.25, 0.3) is 10.0 Å². The lowest BCUT2D eigenvalue weighted by Crippen LogP contribution is -2.54. The summed E-state index contributed by atoms with van der Waals surface area (Å²) in [5.41, 5.74) is 2.73. The van der Waals surface area contributed by atoms with E-state index in [9.17, 15) is 18.0 Å². The molecular formula is C36H40ClN3O5S. The van der Waals surface area contributed by atoms with Crippen molar-refractivity contribution in [2.75, 3.05) is 18.0 Å². The van der Waals surface area contributed by atoms with Crippen molar-refractivity contribution in [2.45, 2.75) is 57.1 Å². The molecule has 0 unspecified atom stereocenters. The zero-order chi connectivity index (χ0) is 33.3. The molecule has 1 N–H and O–H groups in total. The maximum Gasteiger partial charge on any atom is 0.264 e. The number of methoxy groups -OCH3 is 1. The van der Waals surface area contributed by atoms with Gasteiger partial charge in [-0.25, -0.2) is 8.42 Å². The highest BCUT2D eigenvalue weighted by molar-refractivity contribution is 7.92. The van der Waals surface area contributed by atoms with Crippen molar-refractivity contribution in [2.24, 2.45) is 0 Å². The lowest BCUT2D eigenvalue weighted by molar-refractivity contribution is -0.140. The molecule has 0 spiro atoms. The van der Waals surface area contributed by atoms with E-state index in [1.807, 2.05) is 81.4 Å². The summed E-state index contributed by atoms with van der Waals surface area (Å²) in [6, 6.07) is 28.7. The third-order valence-corrected chi connectivity index (χ3v) is 9.86. The van der Waals surface area contributed by atoms with Gasteiger partial charge in [0.15, 0.2) is 0 Å². The van der Waals surface area contributed by atoms with E-state index in [1.54, 1.807) is 24.3 Å². The minimum Gasteiger partial charge on any atom is -0.495 e. The van der Waals surface area contributed by atoms with Gasteiger partial charge in [0.1, 0.15) is 18.3 Å². The van der Waals surface area contributed by atoms with Gasteiger partial charge in [0, 0.05) is 19.0 Å². The quantitative estimate of drug-likeness (QED) is 0.169. The summed E-state index contributed by atoms with van der Waals surface area (Å²) in [7, 11) is -2.79. The fourth-order valence-electron chi connectivity index (χ4n) is 4.95. The molecule has 0 aliphatic heterocycles. The number of nitrogens with zero attached hydrogens (tertiary/aromatic N) is 2. The van der Waals surface area contributed by atoms with E-state index in [4.69, 9.17) is 16.3 Å². The molecule has 2 atom stereocenters. The van der Waals surface area contributed by atoms with Crippen LogP contribution in [0.15, 0.2) is 108 Å². The smallest absolute Gasteiger partial charge is 0.264 e. The normalized spacial score (nSPS) is 12.5. The van der Waals surface area contributed by atoms with Gasteiger partial charge >= 0.3 is 0 Å². The van der Waals surface area contributed by atoms with E-state index in [1.165, 1.54) is 30.2 Å². The Bertz CT molecular complexity index is 1720. The molecule has 10 heteroatoms. The third-order valence-electron chi connectivity index (χ3n) is 7.78. The van der Waals surface area contributed by atoms with Crippen molar-refractivity contribution < 1.29 is 22.7 Å². The van der Waals surface area contributed by atoms with Crippen LogP contribution in [-0.2, 0) is 32.6 Å². The monoisotopic (exact) mass is 661 g/mol. The number of benzene rings is 4. The number of hydrogen-bond acceptors (Lipinski definition) is 5. The Morgan fingerprint density at radius 1 is 0.891 bits per heavy atom. The van der Waals surface area contributed by atoms with Crippen molar-refractivity contribution in [1.29, 1.82) is 0 Å². The Morgan fingerprint density at radius 2 is 1.50 bits per heavy atom. The number of hydrogen-bond donors (Lipinski definition) is 1. The molecule has 4 aromatic rings. The van der Waals surface area contributed by atoms with Crippen LogP contribution in [0.25, 0.3) is 0 Å². The molecule has 0 fully saturated rings. The number of carbonyl (C=O) groups excluding carboxylic acids is 2. The summed E-state index contributed by atoms with van der Waals surface area (Å²) >= 11 is 6.45. The lowest BCUT2D eigenvalue weighted by atomic mass is 10.0. The molecule has 0 saturated heterocycles. The maximum atomic E-state index is 14.5. The van der Waals surface area contributed by atoms with Crippen LogP contribution < -0.4 is 14.4 Å². The van der Waals surface area contributed by atoms with Crippen LogP contribution in [0.3, 0.4) is 0 Å². The molecular weight excluding hydrogens is 622 g/mol. The van der Waals surface area contributed by atoms with E-state index in [0.29, 0.717) is 12.2 Å². The highest BCUT2D eigenvalue weighted by Gasteiger charge is 2.35. The van der Waals surface area contributed by atoms with Gasteiger partial charge in [-0.2, -0.15) is 0 Å². The minimum absolute atomic E-state index is 0.0165. The second-order valence-electron chi connectivity index (χ2n) is 11.2. The predicted octanol–water partition coefficient (Wildman–Crippen LogP) is 6.41. The molecule has 0 aliphatic carbocycles. The molecule has 0 bridgehead atoms.